The lowest BCUT2D eigenvalue weighted by atomic mass is 9.83. The zero-order valence-electron chi connectivity index (χ0n) is 22.1. The number of carbonyl (C=O) groups excluding carboxylic acids is 1. The molecular weight excluding hydrogens is 478 g/mol. The molecular formula is C33H36ClNO2. The van der Waals surface area contributed by atoms with E-state index in [9.17, 15) is 4.79 Å². The predicted octanol–water partition coefficient (Wildman–Crippen LogP) is 8.17. The standard InChI is InChI=1S/C33H36ClNO2/c1-4-23-11-16-28(17-12-23)35(33(36)30-20-26-7-5-6-8-29(26)32(30)34)21-27-19-25(15-18-31(27)37-3)24-13-9-22(2)10-14-24/h5-10,13-15,18-19,23,28H,4,11-12,16-17,20-21H2,1-3H3/t23-,28+. The average molecular weight is 514 g/mol. The lowest BCUT2D eigenvalue weighted by Crippen LogP contribution is -2.42. The zero-order valence-corrected chi connectivity index (χ0v) is 22.9. The van der Waals surface area contributed by atoms with Crippen LogP contribution in [0.25, 0.3) is 16.2 Å². The minimum absolute atomic E-state index is 0.0592. The molecule has 0 unspecified atom stereocenters. The summed E-state index contributed by atoms with van der Waals surface area (Å²) in [5, 5.41) is 0.605. The number of fused-ring (bicyclic) bond motifs is 1. The third kappa shape index (κ3) is 5.33. The summed E-state index contributed by atoms with van der Waals surface area (Å²) in [5.74, 6) is 1.63. The van der Waals surface area contributed by atoms with Crippen molar-refractivity contribution < 1.29 is 9.53 Å². The number of halogens is 1. The monoisotopic (exact) mass is 513 g/mol. The van der Waals surface area contributed by atoms with Gasteiger partial charge in [-0.1, -0.05) is 85.1 Å². The molecule has 1 amide bonds. The van der Waals surface area contributed by atoms with E-state index in [0.29, 0.717) is 23.6 Å². The quantitative estimate of drug-likeness (QED) is 0.319. The number of benzene rings is 3. The summed E-state index contributed by atoms with van der Waals surface area (Å²) in [6.45, 7) is 4.88. The summed E-state index contributed by atoms with van der Waals surface area (Å²) >= 11 is 6.82. The maximum absolute atomic E-state index is 14.2. The van der Waals surface area contributed by atoms with Crippen LogP contribution < -0.4 is 4.74 Å². The summed E-state index contributed by atoms with van der Waals surface area (Å²) < 4.78 is 5.78. The molecule has 37 heavy (non-hydrogen) atoms. The first-order chi connectivity index (χ1) is 18.0. The summed E-state index contributed by atoms with van der Waals surface area (Å²) in [6, 6.07) is 23.2. The molecule has 3 aromatic carbocycles. The Kier molecular flexibility index (Phi) is 7.71. The maximum atomic E-state index is 14.2. The fraction of sp³-hybridized carbons (Fsp3) is 0.364. The van der Waals surface area contributed by atoms with Gasteiger partial charge in [-0.15, -0.1) is 0 Å². The number of amides is 1. The van der Waals surface area contributed by atoms with E-state index in [2.05, 4.69) is 61.2 Å². The molecule has 3 nitrogen and oxygen atoms in total. The Morgan fingerprint density at radius 1 is 0.973 bits per heavy atom. The summed E-state index contributed by atoms with van der Waals surface area (Å²) in [5.41, 5.74) is 7.38. The fourth-order valence-electron chi connectivity index (χ4n) is 5.90. The van der Waals surface area contributed by atoms with Crippen LogP contribution in [0.4, 0.5) is 0 Å². The highest BCUT2D eigenvalue weighted by Gasteiger charge is 2.34. The number of nitrogens with zero attached hydrogens (tertiary/aromatic N) is 1. The van der Waals surface area contributed by atoms with Gasteiger partial charge >= 0.3 is 0 Å². The van der Waals surface area contributed by atoms with Crippen molar-refractivity contribution in [2.75, 3.05) is 7.11 Å². The minimum Gasteiger partial charge on any atom is -0.496 e. The van der Waals surface area contributed by atoms with Crippen LogP contribution in [0.1, 0.15) is 61.3 Å². The molecule has 2 aliphatic rings. The Hall–Kier alpha value is -3.04. The summed E-state index contributed by atoms with van der Waals surface area (Å²) in [6.07, 6.45) is 6.19. The number of carbonyl (C=O) groups is 1. The first kappa shape index (κ1) is 25.6. The van der Waals surface area contributed by atoms with Crippen LogP contribution in [0.3, 0.4) is 0 Å². The van der Waals surface area contributed by atoms with Gasteiger partial charge in [0.05, 0.1) is 12.1 Å². The Bertz CT molecular complexity index is 1300. The van der Waals surface area contributed by atoms with E-state index in [1.54, 1.807) is 7.11 Å². The van der Waals surface area contributed by atoms with Gasteiger partial charge in [0.25, 0.3) is 5.91 Å². The maximum Gasteiger partial charge on any atom is 0.252 e. The second-order valence-electron chi connectivity index (χ2n) is 10.5. The Labute approximate surface area is 226 Å². The molecule has 4 heteroatoms. The van der Waals surface area contributed by atoms with Crippen molar-refractivity contribution in [3.05, 3.63) is 94.6 Å². The number of ether oxygens (including phenoxy) is 1. The van der Waals surface area contributed by atoms with Gasteiger partial charge in [-0.05, 0) is 72.9 Å². The highest BCUT2D eigenvalue weighted by atomic mass is 35.5. The molecule has 0 heterocycles. The molecule has 2 aliphatic carbocycles. The van der Waals surface area contributed by atoms with Gasteiger partial charge in [-0.3, -0.25) is 4.79 Å². The fourth-order valence-corrected chi connectivity index (χ4v) is 6.24. The molecule has 0 saturated heterocycles. The average Bonchev–Trinajstić information content (AvgIpc) is 3.28. The molecule has 0 aromatic heterocycles. The summed E-state index contributed by atoms with van der Waals surface area (Å²) in [4.78, 5) is 16.3. The van der Waals surface area contributed by atoms with Crippen molar-refractivity contribution in [3.63, 3.8) is 0 Å². The van der Waals surface area contributed by atoms with Crippen molar-refractivity contribution in [1.29, 1.82) is 0 Å². The molecule has 1 saturated carbocycles. The lowest BCUT2D eigenvalue weighted by Gasteiger charge is -2.37. The number of methoxy groups -OCH3 is 1. The van der Waals surface area contributed by atoms with E-state index in [-0.39, 0.29) is 11.9 Å². The molecule has 0 N–H and O–H groups in total. The van der Waals surface area contributed by atoms with Crippen LogP contribution in [0.2, 0.25) is 0 Å². The van der Waals surface area contributed by atoms with Crippen LogP contribution in [0, 0.1) is 12.8 Å². The molecule has 0 bridgehead atoms. The van der Waals surface area contributed by atoms with Crippen molar-refractivity contribution in [2.45, 2.75) is 65.0 Å². The Morgan fingerprint density at radius 3 is 2.35 bits per heavy atom. The van der Waals surface area contributed by atoms with Gasteiger partial charge in [0.1, 0.15) is 5.75 Å². The SMILES string of the molecule is CC[C@H]1CC[C@@H](N(Cc2cc(-c3ccc(C)cc3)ccc2OC)C(=O)C2=C(Cl)c3ccccc3C2)CC1. The molecule has 192 valence electrons. The number of aryl methyl sites for hydroxylation is 1. The summed E-state index contributed by atoms with van der Waals surface area (Å²) in [7, 11) is 1.70. The molecule has 0 spiro atoms. The first-order valence-electron chi connectivity index (χ1n) is 13.5. The topological polar surface area (TPSA) is 29.5 Å². The van der Waals surface area contributed by atoms with Crippen molar-refractivity contribution in [3.8, 4) is 16.9 Å². The number of hydrogen-bond acceptors (Lipinski definition) is 2. The molecule has 3 aromatic rings. The highest BCUT2D eigenvalue weighted by molar-refractivity contribution is 6.51. The Balaban J connectivity index is 1.49. The van der Waals surface area contributed by atoms with Crippen LogP contribution in [0.5, 0.6) is 5.75 Å². The first-order valence-corrected chi connectivity index (χ1v) is 13.9. The van der Waals surface area contributed by atoms with Gasteiger partial charge in [-0.2, -0.15) is 0 Å². The van der Waals surface area contributed by atoms with Gasteiger partial charge in [0.2, 0.25) is 0 Å². The van der Waals surface area contributed by atoms with Crippen molar-refractivity contribution in [1.82, 2.24) is 4.90 Å². The van der Waals surface area contributed by atoms with E-state index in [4.69, 9.17) is 16.3 Å². The van der Waals surface area contributed by atoms with Crippen molar-refractivity contribution >= 4 is 22.5 Å². The normalized spacial score (nSPS) is 19.0. The molecule has 5 rings (SSSR count). The van der Waals surface area contributed by atoms with E-state index in [1.807, 2.05) is 24.3 Å². The Morgan fingerprint density at radius 2 is 1.68 bits per heavy atom. The molecule has 0 atom stereocenters. The second-order valence-corrected chi connectivity index (χ2v) is 10.9. The van der Waals surface area contributed by atoms with Crippen molar-refractivity contribution in [2.24, 2.45) is 5.92 Å². The molecule has 0 aliphatic heterocycles. The van der Waals surface area contributed by atoms with E-state index >= 15 is 0 Å². The van der Waals surface area contributed by atoms with Crippen LogP contribution in [0.15, 0.2) is 72.3 Å². The molecule has 1 fully saturated rings. The van der Waals surface area contributed by atoms with Crippen LogP contribution in [-0.2, 0) is 17.8 Å². The van der Waals surface area contributed by atoms with Gasteiger partial charge in [0, 0.05) is 30.1 Å². The zero-order chi connectivity index (χ0) is 25.9. The third-order valence-electron chi connectivity index (χ3n) is 8.25. The van der Waals surface area contributed by atoms with E-state index in [0.717, 1.165) is 52.3 Å². The highest BCUT2D eigenvalue weighted by Crippen LogP contribution is 2.39. The minimum atomic E-state index is 0.0592. The smallest absolute Gasteiger partial charge is 0.252 e. The second kappa shape index (κ2) is 11.1. The van der Waals surface area contributed by atoms with Gasteiger partial charge < -0.3 is 9.64 Å². The van der Waals surface area contributed by atoms with E-state index in [1.165, 1.54) is 24.8 Å². The molecule has 0 radical (unpaired) electrons. The lowest BCUT2D eigenvalue weighted by molar-refractivity contribution is -0.131. The largest absolute Gasteiger partial charge is 0.496 e. The third-order valence-corrected chi connectivity index (χ3v) is 8.68. The van der Waals surface area contributed by atoms with Gasteiger partial charge in [0.15, 0.2) is 0 Å². The van der Waals surface area contributed by atoms with E-state index < -0.39 is 0 Å². The van der Waals surface area contributed by atoms with Crippen LogP contribution in [-0.4, -0.2) is 24.0 Å². The van der Waals surface area contributed by atoms with Crippen LogP contribution >= 0.6 is 11.6 Å². The van der Waals surface area contributed by atoms with Gasteiger partial charge in [-0.25, -0.2) is 0 Å². The number of rotatable bonds is 7. The number of hydrogen-bond donors (Lipinski definition) is 0. The predicted molar refractivity (Wildman–Crippen MR) is 153 cm³/mol.